The Bertz CT molecular complexity index is 320. The molecule has 0 aliphatic carbocycles. The summed E-state index contributed by atoms with van der Waals surface area (Å²) in [6.07, 6.45) is 0. The van der Waals surface area contributed by atoms with E-state index >= 15 is 0 Å². The second kappa shape index (κ2) is 4.53. The molecule has 0 aliphatic rings. The van der Waals surface area contributed by atoms with Gasteiger partial charge in [-0.1, -0.05) is 15.9 Å². The third-order valence-electron chi connectivity index (χ3n) is 1.28. The Hall–Kier alpha value is -0.680. The lowest BCUT2D eigenvalue weighted by atomic mass is 10.2. The van der Waals surface area contributed by atoms with Gasteiger partial charge >= 0.3 is 0 Å². The van der Waals surface area contributed by atoms with Crippen LogP contribution in [-0.4, -0.2) is 5.84 Å². The van der Waals surface area contributed by atoms with Crippen molar-refractivity contribution in [1.82, 2.24) is 0 Å². The molecule has 0 aromatic heterocycles. The zero-order valence-electron chi connectivity index (χ0n) is 6.27. The Labute approximate surface area is 88.2 Å². The van der Waals surface area contributed by atoms with E-state index in [-0.39, 0.29) is 16.9 Å². The summed E-state index contributed by atoms with van der Waals surface area (Å²) < 4.78 is 26.0. The normalized spacial score (nSPS) is 9.15. The van der Waals surface area contributed by atoms with Crippen molar-refractivity contribution in [3.8, 4) is 0 Å². The standard InChI is InChI=1S/C7H5BrF2N2.ClH/c8-3-1-4(9)6(7(11)12)5(10)2-3;/h1-2H,(H3,11,12);1H. The maximum absolute atomic E-state index is 12.9. The van der Waals surface area contributed by atoms with Crippen LogP contribution in [0.25, 0.3) is 0 Å². The van der Waals surface area contributed by atoms with E-state index in [9.17, 15) is 8.78 Å². The average Bonchev–Trinajstić information content (AvgIpc) is 1.82. The first-order valence-corrected chi connectivity index (χ1v) is 3.80. The quantitative estimate of drug-likeness (QED) is 0.598. The van der Waals surface area contributed by atoms with E-state index in [0.29, 0.717) is 0 Å². The van der Waals surface area contributed by atoms with Gasteiger partial charge in [0.25, 0.3) is 0 Å². The van der Waals surface area contributed by atoms with Crippen molar-refractivity contribution in [1.29, 1.82) is 5.41 Å². The fourth-order valence-electron chi connectivity index (χ4n) is 0.800. The van der Waals surface area contributed by atoms with Gasteiger partial charge in [0.2, 0.25) is 0 Å². The molecule has 0 aliphatic heterocycles. The Morgan fingerprint density at radius 1 is 1.31 bits per heavy atom. The highest BCUT2D eigenvalue weighted by Gasteiger charge is 2.12. The lowest BCUT2D eigenvalue weighted by Crippen LogP contribution is -2.15. The van der Waals surface area contributed by atoms with Gasteiger partial charge in [0.05, 0.1) is 5.56 Å². The molecule has 0 amide bonds. The van der Waals surface area contributed by atoms with Crippen LogP contribution >= 0.6 is 28.3 Å². The summed E-state index contributed by atoms with van der Waals surface area (Å²) in [5, 5.41) is 6.87. The summed E-state index contributed by atoms with van der Waals surface area (Å²) in [7, 11) is 0. The minimum absolute atomic E-state index is 0. The first-order chi connectivity index (χ1) is 5.52. The number of hydrogen-bond acceptors (Lipinski definition) is 1. The molecular formula is C7H6BrClF2N2. The molecule has 6 heteroatoms. The van der Waals surface area contributed by atoms with E-state index in [0.717, 1.165) is 12.1 Å². The Morgan fingerprint density at radius 3 is 2.00 bits per heavy atom. The highest BCUT2D eigenvalue weighted by atomic mass is 79.9. The van der Waals surface area contributed by atoms with Crippen LogP contribution in [0.1, 0.15) is 5.56 Å². The molecule has 3 N–H and O–H groups in total. The highest BCUT2D eigenvalue weighted by molar-refractivity contribution is 9.10. The number of amidine groups is 1. The fraction of sp³-hybridized carbons (Fsp3) is 0. The molecule has 0 saturated carbocycles. The second-order valence-corrected chi connectivity index (χ2v) is 3.07. The monoisotopic (exact) mass is 270 g/mol. The van der Waals surface area contributed by atoms with E-state index in [1.807, 2.05) is 0 Å². The van der Waals surface area contributed by atoms with E-state index < -0.39 is 23.0 Å². The lowest BCUT2D eigenvalue weighted by molar-refractivity contribution is 0.577. The zero-order valence-corrected chi connectivity index (χ0v) is 8.68. The number of nitrogen functional groups attached to an aromatic ring is 1. The van der Waals surface area contributed by atoms with Crippen molar-refractivity contribution >= 4 is 34.2 Å². The van der Waals surface area contributed by atoms with Gasteiger partial charge < -0.3 is 5.73 Å². The van der Waals surface area contributed by atoms with Crippen LogP contribution in [0.2, 0.25) is 0 Å². The van der Waals surface area contributed by atoms with Crippen LogP contribution in [0, 0.1) is 17.0 Å². The first kappa shape index (κ1) is 12.3. The SMILES string of the molecule is Cl.N=C(N)c1c(F)cc(Br)cc1F. The molecule has 0 atom stereocenters. The van der Waals surface area contributed by atoms with Crippen LogP contribution in [0.15, 0.2) is 16.6 Å². The molecule has 72 valence electrons. The van der Waals surface area contributed by atoms with Gasteiger partial charge in [-0.05, 0) is 12.1 Å². The summed E-state index contributed by atoms with van der Waals surface area (Å²) in [6.45, 7) is 0. The summed E-state index contributed by atoms with van der Waals surface area (Å²) in [5.74, 6) is -2.29. The zero-order chi connectivity index (χ0) is 9.30. The Balaban J connectivity index is 0.00000144. The van der Waals surface area contributed by atoms with Crippen molar-refractivity contribution in [2.45, 2.75) is 0 Å². The van der Waals surface area contributed by atoms with Crippen LogP contribution in [0.3, 0.4) is 0 Å². The van der Waals surface area contributed by atoms with Gasteiger partial charge in [0.15, 0.2) is 0 Å². The molecule has 0 radical (unpaired) electrons. The number of hydrogen-bond donors (Lipinski definition) is 2. The number of benzene rings is 1. The van der Waals surface area contributed by atoms with E-state index in [4.69, 9.17) is 11.1 Å². The predicted molar refractivity (Wildman–Crippen MR) is 52.3 cm³/mol. The molecule has 0 unspecified atom stereocenters. The molecule has 0 heterocycles. The number of rotatable bonds is 1. The van der Waals surface area contributed by atoms with Gasteiger partial charge in [-0.15, -0.1) is 12.4 Å². The van der Waals surface area contributed by atoms with Crippen LogP contribution in [0.4, 0.5) is 8.78 Å². The largest absolute Gasteiger partial charge is 0.384 e. The molecule has 0 saturated heterocycles. The van der Waals surface area contributed by atoms with Gasteiger partial charge in [-0.3, -0.25) is 5.41 Å². The van der Waals surface area contributed by atoms with Crippen molar-refractivity contribution in [2.24, 2.45) is 5.73 Å². The second-order valence-electron chi connectivity index (χ2n) is 2.16. The van der Waals surface area contributed by atoms with E-state index in [1.165, 1.54) is 0 Å². The minimum atomic E-state index is -0.839. The summed E-state index contributed by atoms with van der Waals surface area (Å²) >= 11 is 2.90. The van der Waals surface area contributed by atoms with E-state index in [2.05, 4.69) is 15.9 Å². The molecule has 0 fully saturated rings. The summed E-state index contributed by atoms with van der Waals surface area (Å²) in [6, 6.07) is 2.11. The summed E-state index contributed by atoms with van der Waals surface area (Å²) in [4.78, 5) is 0. The number of halogens is 4. The number of nitrogens with two attached hydrogens (primary N) is 1. The van der Waals surface area contributed by atoms with Gasteiger partial charge in [0, 0.05) is 4.47 Å². The molecular weight excluding hydrogens is 265 g/mol. The Morgan fingerprint density at radius 2 is 1.69 bits per heavy atom. The topological polar surface area (TPSA) is 49.9 Å². The van der Waals surface area contributed by atoms with Gasteiger partial charge in [-0.2, -0.15) is 0 Å². The highest BCUT2D eigenvalue weighted by Crippen LogP contribution is 2.18. The average molecular weight is 271 g/mol. The fourth-order valence-corrected chi connectivity index (χ4v) is 1.20. The minimum Gasteiger partial charge on any atom is -0.384 e. The molecule has 1 aromatic carbocycles. The molecule has 0 spiro atoms. The van der Waals surface area contributed by atoms with Crippen molar-refractivity contribution in [3.05, 3.63) is 33.8 Å². The molecule has 1 aromatic rings. The summed E-state index contributed by atoms with van der Waals surface area (Å²) in [5.41, 5.74) is 4.47. The van der Waals surface area contributed by atoms with Crippen molar-refractivity contribution in [3.63, 3.8) is 0 Å². The van der Waals surface area contributed by atoms with Crippen molar-refractivity contribution in [2.75, 3.05) is 0 Å². The van der Waals surface area contributed by atoms with E-state index in [1.54, 1.807) is 0 Å². The lowest BCUT2D eigenvalue weighted by Gasteiger charge is -2.02. The van der Waals surface area contributed by atoms with Gasteiger partial charge in [-0.25, -0.2) is 8.78 Å². The third kappa shape index (κ3) is 2.63. The van der Waals surface area contributed by atoms with Crippen LogP contribution < -0.4 is 5.73 Å². The third-order valence-corrected chi connectivity index (χ3v) is 1.73. The predicted octanol–water partition coefficient (Wildman–Crippen LogP) is 2.43. The molecule has 1 rings (SSSR count). The van der Waals surface area contributed by atoms with Crippen LogP contribution in [-0.2, 0) is 0 Å². The number of nitrogens with one attached hydrogen (secondary N) is 1. The molecule has 13 heavy (non-hydrogen) atoms. The van der Waals surface area contributed by atoms with Gasteiger partial charge in [0.1, 0.15) is 17.5 Å². The van der Waals surface area contributed by atoms with Crippen LogP contribution in [0.5, 0.6) is 0 Å². The first-order valence-electron chi connectivity index (χ1n) is 3.01. The maximum atomic E-state index is 12.9. The molecule has 0 bridgehead atoms. The Kier molecular flexibility index (Phi) is 4.29. The molecule has 2 nitrogen and oxygen atoms in total. The van der Waals surface area contributed by atoms with Crippen molar-refractivity contribution < 1.29 is 8.78 Å². The smallest absolute Gasteiger partial charge is 0.138 e. The maximum Gasteiger partial charge on any atom is 0.138 e.